The van der Waals surface area contributed by atoms with Crippen molar-refractivity contribution in [3.8, 4) is 0 Å². The number of hydrogen-bond donors (Lipinski definition) is 1. The zero-order valence-electron chi connectivity index (χ0n) is 12.9. The summed E-state index contributed by atoms with van der Waals surface area (Å²) in [5.74, 6) is -0.137. The predicted octanol–water partition coefficient (Wildman–Crippen LogP) is 2.89. The molecule has 1 aromatic heterocycles. The van der Waals surface area contributed by atoms with Crippen LogP contribution in [0.1, 0.15) is 38.5 Å². The molecule has 1 saturated carbocycles. The fraction of sp³-hybridized carbons (Fsp3) is 0.471. The highest BCUT2D eigenvalue weighted by molar-refractivity contribution is 6.31. The minimum atomic E-state index is -0.242. The number of hydrogen-bond acceptors (Lipinski definition) is 3. The van der Waals surface area contributed by atoms with Crippen LogP contribution in [0, 0.1) is 0 Å². The Kier molecular flexibility index (Phi) is 4.96. The number of benzene rings is 1. The molecule has 0 bridgehead atoms. The Labute approximate surface area is 139 Å². The van der Waals surface area contributed by atoms with Gasteiger partial charge in [-0.3, -0.25) is 14.2 Å². The van der Waals surface area contributed by atoms with E-state index in [9.17, 15) is 9.59 Å². The number of fused-ring (bicyclic) bond motifs is 1. The third-order valence-corrected chi connectivity index (χ3v) is 4.56. The van der Waals surface area contributed by atoms with E-state index in [0.717, 1.165) is 25.7 Å². The van der Waals surface area contributed by atoms with Crippen molar-refractivity contribution in [3.63, 3.8) is 0 Å². The summed E-state index contributed by atoms with van der Waals surface area (Å²) in [7, 11) is 0. The summed E-state index contributed by atoms with van der Waals surface area (Å²) in [6.07, 6.45) is 8.24. The predicted molar refractivity (Wildman–Crippen MR) is 90.6 cm³/mol. The van der Waals surface area contributed by atoms with Gasteiger partial charge >= 0.3 is 0 Å². The van der Waals surface area contributed by atoms with E-state index in [0.29, 0.717) is 15.9 Å². The Morgan fingerprint density at radius 3 is 2.74 bits per heavy atom. The second-order valence-electron chi connectivity index (χ2n) is 6.10. The van der Waals surface area contributed by atoms with Gasteiger partial charge in [-0.15, -0.1) is 0 Å². The Morgan fingerprint density at radius 2 is 2.00 bits per heavy atom. The Balaban J connectivity index is 1.74. The van der Waals surface area contributed by atoms with Gasteiger partial charge in [-0.2, -0.15) is 0 Å². The zero-order valence-corrected chi connectivity index (χ0v) is 13.7. The van der Waals surface area contributed by atoms with E-state index in [-0.39, 0.29) is 24.1 Å². The first kappa shape index (κ1) is 16.0. The molecule has 1 N–H and O–H groups in total. The molecule has 122 valence electrons. The topological polar surface area (TPSA) is 64.0 Å². The molecule has 0 unspecified atom stereocenters. The van der Waals surface area contributed by atoms with E-state index in [1.165, 1.54) is 23.7 Å². The average Bonchev–Trinajstić information content (AvgIpc) is 2.79. The van der Waals surface area contributed by atoms with Crippen molar-refractivity contribution in [2.45, 2.75) is 51.1 Å². The Hall–Kier alpha value is -1.88. The summed E-state index contributed by atoms with van der Waals surface area (Å²) in [6, 6.07) is 5.21. The molecule has 3 rings (SSSR count). The minimum absolute atomic E-state index is 0.00914. The number of amides is 1. The monoisotopic (exact) mass is 333 g/mol. The van der Waals surface area contributed by atoms with E-state index >= 15 is 0 Å². The van der Waals surface area contributed by atoms with Gasteiger partial charge in [0.2, 0.25) is 5.91 Å². The van der Waals surface area contributed by atoms with E-state index in [4.69, 9.17) is 11.6 Å². The number of rotatable bonds is 3. The molecule has 1 aromatic carbocycles. The van der Waals surface area contributed by atoms with Crippen LogP contribution in [0.3, 0.4) is 0 Å². The molecule has 0 aliphatic heterocycles. The average molecular weight is 334 g/mol. The van der Waals surface area contributed by atoms with E-state index in [1.54, 1.807) is 18.2 Å². The van der Waals surface area contributed by atoms with Gasteiger partial charge in [-0.25, -0.2) is 4.98 Å². The zero-order chi connectivity index (χ0) is 16.2. The van der Waals surface area contributed by atoms with Crippen LogP contribution in [0.25, 0.3) is 10.9 Å². The Bertz CT molecular complexity index is 764. The molecule has 1 heterocycles. The molecule has 1 aliphatic rings. The second kappa shape index (κ2) is 7.13. The summed E-state index contributed by atoms with van der Waals surface area (Å²) in [6.45, 7) is -0.00914. The summed E-state index contributed by atoms with van der Waals surface area (Å²) >= 11 is 5.94. The van der Waals surface area contributed by atoms with Crippen LogP contribution >= 0.6 is 11.6 Å². The van der Waals surface area contributed by atoms with E-state index < -0.39 is 0 Å². The molecular weight excluding hydrogens is 314 g/mol. The third-order valence-electron chi connectivity index (χ3n) is 4.32. The highest BCUT2D eigenvalue weighted by atomic mass is 35.5. The Morgan fingerprint density at radius 1 is 1.26 bits per heavy atom. The van der Waals surface area contributed by atoms with Gasteiger partial charge in [-0.1, -0.05) is 37.3 Å². The molecule has 0 atom stereocenters. The fourth-order valence-electron chi connectivity index (χ4n) is 3.10. The third kappa shape index (κ3) is 3.91. The van der Waals surface area contributed by atoms with Crippen molar-refractivity contribution >= 4 is 28.4 Å². The van der Waals surface area contributed by atoms with E-state index in [2.05, 4.69) is 10.3 Å². The van der Waals surface area contributed by atoms with Crippen LogP contribution in [-0.4, -0.2) is 21.5 Å². The number of halogens is 1. The van der Waals surface area contributed by atoms with Crippen molar-refractivity contribution in [2.75, 3.05) is 0 Å². The smallest absolute Gasteiger partial charge is 0.261 e. The minimum Gasteiger partial charge on any atom is -0.352 e. The van der Waals surface area contributed by atoms with Crippen LogP contribution in [0.2, 0.25) is 5.02 Å². The molecule has 2 aromatic rings. The first-order valence-electron chi connectivity index (χ1n) is 8.07. The second-order valence-corrected chi connectivity index (χ2v) is 6.53. The van der Waals surface area contributed by atoms with E-state index in [1.807, 2.05) is 0 Å². The maximum absolute atomic E-state index is 12.4. The maximum Gasteiger partial charge on any atom is 0.261 e. The number of carbonyl (C=O) groups is 1. The number of aromatic nitrogens is 2. The van der Waals surface area contributed by atoms with Gasteiger partial charge in [0.1, 0.15) is 6.54 Å². The van der Waals surface area contributed by atoms with Crippen molar-refractivity contribution in [1.29, 1.82) is 0 Å². The van der Waals surface area contributed by atoms with Crippen LogP contribution in [0.5, 0.6) is 0 Å². The van der Waals surface area contributed by atoms with Crippen molar-refractivity contribution in [3.05, 3.63) is 39.9 Å². The molecule has 6 heteroatoms. The lowest BCUT2D eigenvalue weighted by molar-refractivity contribution is -0.122. The van der Waals surface area contributed by atoms with Crippen molar-refractivity contribution in [2.24, 2.45) is 0 Å². The van der Waals surface area contributed by atoms with Gasteiger partial charge in [-0.05, 0) is 31.0 Å². The first-order valence-corrected chi connectivity index (χ1v) is 8.45. The van der Waals surface area contributed by atoms with Crippen LogP contribution in [-0.2, 0) is 11.3 Å². The summed E-state index contributed by atoms with van der Waals surface area (Å²) in [5.41, 5.74) is 0.341. The first-order chi connectivity index (χ1) is 11.1. The van der Waals surface area contributed by atoms with Gasteiger partial charge in [0, 0.05) is 11.1 Å². The highest BCUT2D eigenvalue weighted by Gasteiger charge is 2.15. The van der Waals surface area contributed by atoms with Crippen molar-refractivity contribution < 1.29 is 4.79 Å². The largest absolute Gasteiger partial charge is 0.352 e. The fourth-order valence-corrected chi connectivity index (χ4v) is 3.27. The van der Waals surface area contributed by atoms with Crippen LogP contribution in [0.4, 0.5) is 0 Å². The molecule has 1 fully saturated rings. The summed E-state index contributed by atoms with van der Waals surface area (Å²) < 4.78 is 1.34. The molecule has 0 radical (unpaired) electrons. The lowest BCUT2D eigenvalue weighted by Gasteiger charge is -2.16. The lowest BCUT2D eigenvalue weighted by Crippen LogP contribution is -2.38. The number of nitrogens with one attached hydrogen (secondary N) is 1. The highest BCUT2D eigenvalue weighted by Crippen LogP contribution is 2.17. The quantitative estimate of drug-likeness (QED) is 0.878. The molecular formula is C17H20ClN3O2. The van der Waals surface area contributed by atoms with Crippen LogP contribution < -0.4 is 10.9 Å². The number of carbonyl (C=O) groups excluding carboxylic acids is 1. The molecule has 1 amide bonds. The van der Waals surface area contributed by atoms with Gasteiger partial charge < -0.3 is 5.32 Å². The summed E-state index contributed by atoms with van der Waals surface area (Å²) in [4.78, 5) is 28.9. The molecule has 0 spiro atoms. The van der Waals surface area contributed by atoms with Crippen LogP contribution in [0.15, 0.2) is 29.3 Å². The normalized spacial score (nSPS) is 16.2. The molecule has 5 nitrogen and oxygen atoms in total. The SMILES string of the molecule is O=C(Cn1cnc2ccc(Cl)cc2c1=O)NC1CCCCCC1. The summed E-state index contributed by atoms with van der Waals surface area (Å²) in [5, 5.41) is 3.96. The van der Waals surface area contributed by atoms with Gasteiger partial charge in [0.25, 0.3) is 5.56 Å². The van der Waals surface area contributed by atoms with Gasteiger partial charge in [0.15, 0.2) is 0 Å². The van der Waals surface area contributed by atoms with Gasteiger partial charge in [0.05, 0.1) is 17.2 Å². The van der Waals surface area contributed by atoms with Crippen molar-refractivity contribution in [1.82, 2.24) is 14.9 Å². The molecule has 1 aliphatic carbocycles. The maximum atomic E-state index is 12.4. The standard InChI is InChI=1S/C17H20ClN3O2/c18-12-7-8-15-14(9-12)17(23)21(11-19-15)10-16(22)20-13-5-3-1-2-4-6-13/h7-9,11,13H,1-6,10H2,(H,20,22). The number of nitrogens with zero attached hydrogens (tertiary/aromatic N) is 2. The lowest BCUT2D eigenvalue weighted by atomic mass is 10.1. The molecule has 23 heavy (non-hydrogen) atoms. The molecule has 0 saturated heterocycles.